The van der Waals surface area contributed by atoms with Crippen LogP contribution in [0.4, 0.5) is 0 Å². The standard InChI is InChI=1S/C13H17NO6S/c1-20-9-11(15)8-14-21(18,19)12-5-2-10(3-6-12)4-7-13(16)17/h2-7,11,14-15H,8-9H2,1H3,(H,16,17). The van der Waals surface area contributed by atoms with Crippen molar-refractivity contribution in [2.45, 2.75) is 11.0 Å². The Balaban J connectivity index is 2.73. The third-order valence-corrected chi connectivity index (χ3v) is 3.92. The van der Waals surface area contributed by atoms with Crippen LogP contribution >= 0.6 is 0 Å². The number of ether oxygens (including phenoxy) is 1. The average molecular weight is 315 g/mol. The number of carboxylic acid groups (broad SMARTS) is 1. The van der Waals surface area contributed by atoms with Crippen LogP contribution in [0.25, 0.3) is 6.08 Å². The maximum atomic E-state index is 11.9. The van der Waals surface area contributed by atoms with E-state index in [2.05, 4.69) is 4.72 Å². The van der Waals surface area contributed by atoms with Crippen LogP contribution in [-0.2, 0) is 19.6 Å². The summed E-state index contributed by atoms with van der Waals surface area (Å²) in [4.78, 5) is 10.4. The van der Waals surface area contributed by atoms with Crippen molar-refractivity contribution >= 4 is 22.1 Å². The summed E-state index contributed by atoms with van der Waals surface area (Å²) in [6.45, 7) is -0.127. The number of rotatable bonds is 8. The largest absolute Gasteiger partial charge is 0.478 e. The molecule has 8 heteroatoms. The van der Waals surface area contributed by atoms with E-state index < -0.39 is 22.1 Å². The van der Waals surface area contributed by atoms with Crippen LogP contribution in [0.15, 0.2) is 35.2 Å². The van der Waals surface area contributed by atoms with Gasteiger partial charge in [0.1, 0.15) is 0 Å². The fourth-order valence-electron chi connectivity index (χ4n) is 1.47. The molecule has 0 amide bonds. The number of hydrogen-bond acceptors (Lipinski definition) is 5. The summed E-state index contributed by atoms with van der Waals surface area (Å²) < 4.78 is 30.8. The van der Waals surface area contributed by atoms with Gasteiger partial charge < -0.3 is 14.9 Å². The lowest BCUT2D eigenvalue weighted by Gasteiger charge is -2.11. The van der Waals surface area contributed by atoms with Crippen molar-refractivity contribution in [2.75, 3.05) is 20.3 Å². The van der Waals surface area contributed by atoms with E-state index in [4.69, 9.17) is 9.84 Å². The maximum absolute atomic E-state index is 11.9. The van der Waals surface area contributed by atoms with Gasteiger partial charge in [-0.2, -0.15) is 0 Å². The normalized spacial score (nSPS) is 13.4. The number of aliphatic carboxylic acids is 1. The van der Waals surface area contributed by atoms with Crippen LogP contribution in [-0.4, -0.2) is 51.0 Å². The van der Waals surface area contributed by atoms with Gasteiger partial charge in [-0.15, -0.1) is 0 Å². The minimum Gasteiger partial charge on any atom is -0.478 e. The average Bonchev–Trinajstić information content (AvgIpc) is 2.44. The first-order chi connectivity index (χ1) is 9.85. The Morgan fingerprint density at radius 3 is 2.52 bits per heavy atom. The predicted molar refractivity (Wildman–Crippen MR) is 76.2 cm³/mol. The first-order valence-corrected chi connectivity index (χ1v) is 7.51. The fraction of sp³-hybridized carbons (Fsp3) is 0.308. The van der Waals surface area contributed by atoms with Crippen molar-refractivity contribution in [3.8, 4) is 0 Å². The highest BCUT2D eigenvalue weighted by Crippen LogP contribution is 2.11. The van der Waals surface area contributed by atoms with E-state index in [0.717, 1.165) is 6.08 Å². The Kier molecular flexibility index (Phi) is 6.50. The van der Waals surface area contributed by atoms with Crippen LogP contribution in [0.5, 0.6) is 0 Å². The second-order valence-corrected chi connectivity index (χ2v) is 5.97. The number of hydrogen-bond donors (Lipinski definition) is 3. The van der Waals surface area contributed by atoms with Crippen LogP contribution in [0, 0.1) is 0 Å². The zero-order chi connectivity index (χ0) is 15.9. The molecule has 1 atom stereocenters. The molecule has 0 heterocycles. The molecule has 0 aliphatic carbocycles. The number of carboxylic acids is 1. The molecule has 7 nitrogen and oxygen atoms in total. The molecule has 1 aromatic carbocycles. The van der Waals surface area contributed by atoms with Crippen LogP contribution in [0.3, 0.4) is 0 Å². The fourth-order valence-corrected chi connectivity index (χ4v) is 2.54. The van der Waals surface area contributed by atoms with Gasteiger partial charge in [-0.1, -0.05) is 12.1 Å². The minimum atomic E-state index is -3.73. The summed E-state index contributed by atoms with van der Waals surface area (Å²) in [5.41, 5.74) is 0.566. The summed E-state index contributed by atoms with van der Waals surface area (Å²) in [6.07, 6.45) is 1.39. The van der Waals surface area contributed by atoms with Crippen LogP contribution in [0.1, 0.15) is 5.56 Å². The number of aliphatic hydroxyl groups is 1. The quantitative estimate of drug-likeness (QED) is 0.585. The highest BCUT2D eigenvalue weighted by Gasteiger charge is 2.15. The molecule has 116 valence electrons. The monoisotopic (exact) mass is 315 g/mol. The van der Waals surface area contributed by atoms with Gasteiger partial charge in [0.15, 0.2) is 0 Å². The Hall–Kier alpha value is -1.74. The number of aliphatic hydroxyl groups excluding tert-OH is 1. The molecular formula is C13H17NO6S. The highest BCUT2D eigenvalue weighted by atomic mass is 32.2. The van der Waals surface area contributed by atoms with E-state index >= 15 is 0 Å². The van der Waals surface area contributed by atoms with E-state index in [0.29, 0.717) is 5.56 Å². The Morgan fingerprint density at radius 1 is 1.38 bits per heavy atom. The highest BCUT2D eigenvalue weighted by molar-refractivity contribution is 7.89. The second-order valence-electron chi connectivity index (χ2n) is 4.20. The van der Waals surface area contributed by atoms with E-state index in [1.807, 2.05) is 0 Å². The molecule has 3 N–H and O–H groups in total. The van der Waals surface area contributed by atoms with Crippen molar-refractivity contribution in [3.05, 3.63) is 35.9 Å². The summed E-state index contributed by atoms with van der Waals surface area (Å²) in [7, 11) is -2.32. The molecule has 21 heavy (non-hydrogen) atoms. The number of nitrogens with one attached hydrogen (secondary N) is 1. The van der Waals surface area contributed by atoms with Gasteiger partial charge in [-0.25, -0.2) is 17.9 Å². The lowest BCUT2D eigenvalue weighted by molar-refractivity contribution is -0.131. The molecule has 0 bridgehead atoms. The van der Waals surface area contributed by atoms with E-state index in [1.54, 1.807) is 0 Å². The molecule has 0 aliphatic rings. The van der Waals surface area contributed by atoms with Crippen molar-refractivity contribution in [3.63, 3.8) is 0 Å². The summed E-state index contributed by atoms with van der Waals surface area (Å²) in [5.74, 6) is -1.08. The number of carbonyl (C=O) groups is 1. The second kappa shape index (κ2) is 7.89. The maximum Gasteiger partial charge on any atom is 0.328 e. The van der Waals surface area contributed by atoms with Gasteiger partial charge in [-0.3, -0.25) is 0 Å². The molecule has 1 aromatic rings. The SMILES string of the molecule is COCC(O)CNS(=O)(=O)c1ccc(C=CC(=O)O)cc1. The molecule has 0 radical (unpaired) electrons. The van der Waals surface area contributed by atoms with Crippen molar-refractivity contribution < 1.29 is 28.2 Å². The third-order valence-electron chi connectivity index (χ3n) is 2.48. The molecule has 1 unspecified atom stereocenters. The summed E-state index contributed by atoms with van der Waals surface area (Å²) in [5, 5.41) is 17.9. The lowest BCUT2D eigenvalue weighted by atomic mass is 10.2. The number of methoxy groups -OCH3 is 1. The Labute approximate surface area is 122 Å². The van der Waals surface area contributed by atoms with Gasteiger partial charge >= 0.3 is 5.97 Å². The Bertz CT molecular complexity index is 594. The molecule has 0 aliphatic heterocycles. The first kappa shape index (κ1) is 17.3. The minimum absolute atomic E-state index is 0.0274. The molecule has 1 rings (SSSR count). The van der Waals surface area contributed by atoms with Crippen molar-refractivity contribution in [1.82, 2.24) is 4.72 Å². The summed E-state index contributed by atoms with van der Waals surface area (Å²) >= 11 is 0. The van der Waals surface area contributed by atoms with Gasteiger partial charge in [-0.05, 0) is 23.8 Å². The van der Waals surface area contributed by atoms with Gasteiger partial charge in [0.2, 0.25) is 10.0 Å². The number of sulfonamides is 1. The van der Waals surface area contributed by atoms with E-state index in [9.17, 15) is 18.3 Å². The molecular weight excluding hydrogens is 298 g/mol. The van der Waals surface area contributed by atoms with Crippen molar-refractivity contribution in [2.24, 2.45) is 0 Å². The van der Waals surface area contributed by atoms with Gasteiger partial charge in [0.25, 0.3) is 0 Å². The zero-order valence-electron chi connectivity index (χ0n) is 11.4. The molecule has 0 fully saturated rings. The van der Waals surface area contributed by atoms with Gasteiger partial charge in [0.05, 0.1) is 17.6 Å². The lowest BCUT2D eigenvalue weighted by Crippen LogP contribution is -2.34. The van der Waals surface area contributed by atoms with E-state index in [1.165, 1.54) is 37.5 Å². The predicted octanol–water partition coefficient (Wildman–Crippen LogP) is 0.0700. The third kappa shape index (κ3) is 6.05. The molecule has 0 spiro atoms. The topological polar surface area (TPSA) is 113 Å². The molecule has 0 saturated carbocycles. The summed E-state index contributed by atoms with van der Waals surface area (Å²) in [6, 6.07) is 5.68. The smallest absolute Gasteiger partial charge is 0.328 e. The van der Waals surface area contributed by atoms with E-state index in [-0.39, 0.29) is 18.0 Å². The van der Waals surface area contributed by atoms with Crippen LogP contribution < -0.4 is 4.72 Å². The number of benzene rings is 1. The first-order valence-electron chi connectivity index (χ1n) is 6.03. The molecule has 0 aromatic heterocycles. The van der Waals surface area contributed by atoms with Crippen molar-refractivity contribution in [1.29, 1.82) is 0 Å². The molecule has 0 saturated heterocycles. The van der Waals surface area contributed by atoms with Gasteiger partial charge in [0, 0.05) is 19.7 Å². The van der Waals surface area contributed by atoms with Crippen LogP contribution in [0.2, 0.25) is 0 Å². The Morgan fingerprint density at radius 2 is 2.00 bits per heavy atom. The zero-order valence-corrected chi connectivity index (χ0v) is 12.2.